The summed E-state index contributed by atoms with van der Waals surface area (Å²) in [6, 6.07) is 4.48. The van der Waals surface area contributed by atoms with Crippen LogP contribution in [-0.4, -0.2) is 11.1 Å². The lowest BCUT2D eigenvalue weighted by atomic mass is 10.3. The Morgan fingerprint density at radius 2 is 2.29 bits per heavy atom. The molecular formula is C9H7BrFNO2. The van der Waals surface area contributed by atoms with E-state index in [2.05, 4.69) is 21.2 Å². The van der Waals surface area contributed by atoms with Crippen LogP contribution in [-0.2, 0) is 4.79 Å². The molecule has 0 saturated carbocycles. The van der Waals surface area contributed by atoms with Gasteiger partial charge >= 0.3 is 5.97 Å². The Balaban J connectivity index is 2.81. The second-order valence-corrected chi connectivity index (χ2v) is 3.27. The van der Waals surface area contributed by atoms with Gasteiger partial charge in [-0.05, 0) is 28.1 Å². The van der Waals surface area contributed by atoms with Gasteiger partial charge in [0.15, 0.2) is 0 Å². The van der Waals surface area contributed by atoms with Gasteiger partial charge in [-0.3, -0.25) is 0 Å². The molecule has 0 fully saturated rings. The number of carboxylic acid groups (broad SMARTS) is 1. The second-order valence-electron chi connectivity index (χ2n) is 2.41. The van der Waals surface area contributed by atoms with Gasteiger partial charge in [0.2, 0.25) is 0 Å². The molecule has 0 aliphatic heterocycles. The minimum Gasteiger partial charge on any atom is -0.478 e. The molecule has 2 N–H and O–H groups in total. The van der Waals surface area contributed by atoms with E-state index in [0.717, 1.165) is 12.3 Å². The summed E-state index contributed by atoms with van der Waals surface area (Å²) in [5.74, 6) is -1.54. The molecule has 0 aromatic heterocycles. The molecule has 5 heteroatoms. The standard InChI is InChI=1S/C9H7BrFNO2/c10-6-2-1-3-7(11)9(6)12-5-4-8(13)14/h1-5,12H,(H,13,14)/b5-4+. The van der Waals surface area contributed by atoms with Crippen molar-refractivity contribution in [1.82, 2.24) is 0 Å². The van der Waals surface area contributed by atoms with E-state index in [1.165, 1.54) is 6.07 Å². The number of carboxylic acids is 1. The van der Waals surface area contributed by atoms with Crippen molar-refractivity contribution in [3.8, 4) is 0 Å². The maximum absolute atomic E-state index is 13.1. The van der Waals surface area contributed by atoms with E-state index in [0.29, 0.717) is 4.47 Å². The van der Waals surface area contributed by atoms with Gasteiger partial charge < -0.3 is 10.4 Å². The van der Waals surface area contributed by atoms with Gasteiger partial charge in [0, 0.05) is 16.7 Å². The first kappa shape index (κ1) is 10.7. The third-order valence-electron chi connectivity index (χ3n) is 1.42. The van der Waals surface area contributed by atoms with E-state index >= 15 is 0 Å². The summed E-state index contributed by atoms with van der Waals surface area (Å²) in [6.45, 7) is 0. The normalized spacial score (nSPS) is 10.4. The second kappa shape index (κ2) is 4.76. The molecule has 74 valence electrons. The van der Waals surface area contributed by atoms with E-state index in [1.54, 1.807) is 12.1 Å². The van der Waals surface area contributed by atoms with Gasteiger partial charge in [0.05, 0.1) is 5.69 Å². The zero-order valence-electron chi connectivity index (χ0n) is 7.00. The van der Waals surface area contributed by atoms with Crippen LogP contribution in [0.2, 0.25) is 0 Å². The summed E-state index contributed by atoms with van der Waals surface area (Å²) in [5, 5.41) is 10.8. The fraction of sp³-hybridized carbons (Fsp3) is 0. The van der Waals surface area contributed by atoms with Gasteiger partial charge in [0.1, 0.15) is 5.82 Å². The number of nitrogens with one attached hydrogen (secondary N) is 1. The van der Waals surface area contributed by atoms with Crippen molar-refractivity contribution in [2.75, 3.05) is 5.32 Å². The minimum absolute atomic E-state index is 0.213. The number of hydrogen-bond acceptors (Lipinski definition) is 2. The van der Waals surface area contributed by atoms with Gasteiger partial charge in [-0.1, -0.05) is 6.07 Å². The Kier molecular flexibility index (Phi) is 3.64. The molecule has 0 unspecified atom stereocenters. The van der Waals surface area contributed by atoms with Crippen molar-refractivity contribution in [1.29, 1.82) is 0 Å². The van der Waals surface area contributed by atoms with E-state index < -0.39 is 11.8 Å². The largest absolute Gasteiger partial charge is 0.478 e. The number of carbonyl (C=O) groups is 1. The highest BCUT2D eigenvalue weighted by Gasteiger charge is 2.03. The number of benzene rings is 1. The molecule has 0 atom stereocenters. The molecule has 0 saturated heterocycles. The van der Waals surface area contributed by atoms with Crippen molar-refractivity contribution < 1.29 is 14.3 Å². The number of hydrogen-bond donors (Lipinski definition) is 2. The van der Waals surface area contributed by atoms with E-state index in [9.17, 15) is 9.18 Å². The molecule has 1 rings (SSSR count). The van der Waals surface area contributed by atoms with Gasteiger partial charge in [-0.15, -0.1) is 0 Å². The average Bonchev–Trinajstić information content (AvgIpc) is 2.09. The topological polar surface area (TPSA) is 49.3 Å². The Morgan fingerprint density at radius 1 is 1.57 bits per heavy atom. The number of aliphatic carboxylic acids is 1. The molecule has 0 radical (unpaired) electrons. The van der Waals surface area contributed by atoms with Crippen molar-refractivity contribution in [3.05, 3.63) is 40.8 Å². The van der Waals surface area contributed by atoms with Crippen LogP contribution in [0, 0.1) is 5.82 Å². The van der Waals surface area contributed by atoms with Crippen molar-refractivity contribution in [2.45, 2.75) is 0 Å². The molecule has 0 spiro atoms. The first-order chi connectivity index (χ1) is 6.61. The Hall–Kier alpha value is -1.36. The summed E-state index contributed by atoms with van der Waals surface area (Å²) >= 11 is 3.13. The molecule has 0 bridgehead atoms. The van der Waals surface area contributed by atoms with Crippen LogP contribution in [0.1, 0.15) is 0 Å². The van der Waals surface area contributed by atoms with Crippen LogP contribution >= 0.6 is 15.9 Å². The van der Waals surface area contributed by atoms with Crippen LogP contribution in [0.4, 0.5) is 10.1 Å². The summed E-state index contributed by atoms with van der Waals surface area (Å²) in [5.41, 5.74) is 0.213. The number of anilines is 1. The SMILES string of the molecule is O=C(O)/C=C/Nc1c(F)cccc1Br. The van der Waals surface area contributed by atoms with E-state index in [1.807, 2.05) is 0 Å². The van der Waals surface area contributed by atoms with E-state index in [-0.39, 0.29) is 5.69 Å². The summed E-state index contributed by atoms with van der Waals surface area (Å²) in [7, 11) is 0. The first-order valence-electron chi connectivity index (χ1n) is 3.71. The molecule has 0 heterocycles. The monoisotopic (exact) mass is 259 g/mol. The van der Waals surface area contributed by atoms with Gasteiger partial charge in [0.25, 0.3) is 0 Å². The Bertz CT molecular complexity index is 359. The Labute approximate surface area is 88.4 Å². The Morgan fingerprint density at radius 3 is 2.86 bits per heavy atom. The molecule has 0 amide bonds. The summed E-state index contributed by atoms with van der Waals surface area (Å²) < 4.78 is 13.6. The average molecular weight is 260 g/mol. The molecule has 14 heavy (non-hydrogen) atoms. The third kappa shape index (κ3) is 2.85. The zero-order valence-corrected chi connectivity index (χ0v) is 8.58. The lowest BCUT2D eigenvalue weighted by molar-refractivity contribution is -0.131. The fourth-order valence-electron chi connectivity index (χ4n) is 0.832. The number of rotatable bonds is 3. The highest BCUT2D eigenvalue weighted by Crippen LogP contribution is 2.24. The quantitative estimate of drug-likeness (QED) is 0.821. The maximum Gasteiger partial charge on any atom is 0.329 e. The van der Waals surface area contributed by atoms with Gasteiger partial charge in [-0.2, -0.15) is 0 Å². The predicted molar refractivity (Wildman–Crippen MR) is 54.5 cm³/mol. The van der Waals surface area contributed by atoms with E-state index in [4.69, 9.17) is 5.11 Å². The third-order valence-corrected chi connectivity index (χ3v) is 2.08. The van der Waals surface area contributed by atoms with Crippen LogP contribution in [0.5, 0.6) is 0 Å². The summed E-state index contributed by atoms with van der Waals surface area (Å²) in [4.78, 5) is 10.1. The molecule has 0 aliphatic carbocycles. The maximum atomic E-state index is 13.1. The zero-order chi connectivity index (χ0) is 10.6. The summed E-state index contributed by atoms with van der Waals surface area (Å²) in [6.07, 6.45) is 2.05. The highest BCUT2D eigenvalue weighted by molar-refractivity contribution is 9.10. The van der Waals surface area contributed by atoms with Crippen LogP contribution in [0.25, 0.3) is 0 Å². The number of para-hydroxylation sites is 1. The van der Waals surface area contributed by atoms with Crippen LogP contribution in [0.15, 0.2) is 34.9 Å². The van der Waals surface area contributed by atoms with Gasteiger partial charge in [-0.25, -0.2) is 9.18 Å². The molecular weight excluding hydrogens is 253 g/mol. The predicted octanol–water partition coefficient (Wildman–Crippen LogP) is 2.60. The lowest BCUT2D eigenvalue weighted by Crippen LogP contribution is -1.95. The van der Waals surface area contributed by atoms with Crippen LogP contribution < -0.4 is 5.32 Å². The molecule has 1 aromatic carbocycles. The minimum atomic E-state index is -1.09. The smallest absolute Gasteiger partial charge is 0.329 e. The van der Waals surface area contributed by atoms with Crippen molar-refractivity contribution in [2.24, 2.45) is 0 Å². The highest BCUT2D eigenvalue weighted by atomic mass is 79.9. The first-order valence-corrected chi connectivity index (χ1v) is 4.50. The molecule has 1 aromatic rings. The van der Waals surface area contributed by atoms with Crippen LogP contribution in [0.3, 0.4) is 0 Å². The molecule has 0 aliphatic rings. The van der Waals surface area contributed by atoms with Crippen molar-refractivity contribution in [3.63, 3.8) is 0 Å². The lowest BCUT2D eigenvalue weighted by Gasteiger charge is -2.04. The molecule has 3 nitrogen and oxygen atoms in total. The number of halogens is 2. The van der Waals surface area contributed by atoms with Crippen molar-refractivity contribution >= 4 is 27.6 Å². The fourth-order valence-corrected chi connectivity index (χ4v) is 1.29.